The molecule has 2 aromatic heterocycles. The minimum Gasteiger partial charge on any atom is -0.392 e. The topological polar surface area (TPSA) is 122 Å². The molecule has 3 unspecified atom stereocenters. The predicted octanol–water partition coefficient (Wildman–Crippen LogP) is 5.35. The number of hydrogen-bond donors (Lipinski definition) is 3. The molecule has 0 saturated carbocycles. The number of piperidine rings is 1. The second-order valence-electron chi connectivity index (χ2n) is 12.0. The maximum Gasteiger partial charge on any atom is 0.326 e. The van der Waals surface area contributed by atoms with Gasteiger partial charge in [0.1, 0.15) is 0 Å². The van der Waals surface area contributed by atoms with Crippen molar-refractivity contribution >= 4 is 22.6 Å². The Morgan fingerprint density at radius 2 is 1.70 bits per heavy atom. The number of rotatable bonds is 8. The summed E-state index contributed by atoms with van der Waals surface area (Å²) in [5, 5.41) is 12.4. The van der Waals surface area contributed by atoms with Gasteiger partial charge in [0, 0.05) is 55.7 Å². The fraction of sp³-hybridized carbons (Fsp3) is 0.306. The molecular formula is C36H37N5O5. The number of para-hydroxylation sites is 2. The molecule has 3 atom stereocenters. The molecule has 0 radical (unpaired) electrons. The van der Waals surface area contributed by atoms with Crippen molar-refractivity contribution in [2.75, 3.05) is 25.0 Å². The molecule has 0 spiro atoms. The standard InChI is InChI=1S/C36H37N5O5/c42-23-24-7-9-25(10-8-24)33-20-30(22-40-18-15-29(16-19-40)41-32-6-2-1-5-31(32)39-36(41)44)45-35(46-33)26-11-13-28(14-12-26)38-34(43)27-4-3-17-37-21-27/h1-14,17,21,29-30,33,35,42H,15-16,18-20,22-23H2,(H,38,43)(H,39,44). The van der Waals surface area contributed by atoms with Gasteiger partial charge >= 0.3 is 5.69 Å². The number of nitrogens with zero attached hydrogens (tertiary/aromatic N) is 3. The van der Waals surface area contributed by atoms with E-state index in [0.29, 0.717) is 17.7 Å². The minimum absolute atomic E-state index is 0.00946. The lowest BCUT2D eigenvalue weighted by molar-refractivity contribution is -0.253. The normalized spacial score (nSPS) is 20.9. The first-order chi connectivity index (χ1) is 22.5. The van der Waals surface area contributed by atoms with Gasteiger partial charge in [-0.3, -0.25) is 14.3 Å². The number of carbonyl (C=O) groups is 1. The van der Waals surface area contributed by atoms with Gasteiger partial charge in [-0.05, 0) is 60.4 Å². The molecule has 0 bridgehead atoms. The number of aromatic amines is 1. The molecule has 7 rings (SSSR count). The van der Waals surface area contributed by atoms with Gasteiger partial charge in [0.15, 0.2) is 6.29 Å². The number of aliphatic hydroxyl groups excluding tert-OH is 1. The molecular weight excluding hydrogens is 582 g/mol. The first-order valence-electron chi connectivity index (χ1n) is 15.8. The Hall–Kier alpha value is -4.61. The van der Waals surface area contributed by atoms with Gasteiger partial charge in [-0.2, -0.15) is 0 Å². The summed E-state index contributed by atoms with van der Waals surface area (Å²) >= 11 is 0. The van der Waals surface area contributed by atoms with Crippen molar-refractivity contribution in [3.8, 4) is 0 Å². The van der Waals surface area contributed by atoms with E-state index in [0.717, 1.165) is 60.2 Å². The van der Waals surface area contributed by atoms with Crippen molar-refractivity contribution < 1.29 is 19.4 Å². The molecule has 3 N–H and O–H groups in total. The van der Waals surface area contributed by atoms with Crippen LogP contribution in [-0.2, 0) is 16.1 Å². The number of benzene rings is 3. The Morgan fingerprint density at radius 3 is 2.43 bits per heavy atom. The van der Waals surface area contributed by atoms with Crippen LogP contribution in [0.3, 0.4) is 0 Å². The van der Waals surface area contributed by atoms with Gasteiger partial charge in [-0.1, -0.05) is 48.5 Å². The maximum atomic E-state index is 12.8. The Bertz CT molecular complexity index is 1830. The molecule has 236 valence electrons. The van der Waals surface area contributed by atoms with Crippen LogP contribution < -0.4 is 11.0 Å². The molecule has 5 aromatic rings. The highest BCUT2D eigenvalue weighted by atomic mass is 16.7. The van der Waals surface area contributed by atoms with E-state index in [1.165, 1.54) is 6.20 Å². The van der Waals surface area contributed by atoms with E-state index in [9.17, 15) is 14.7 Å². The van der Waals surface area contributed by atoms with E-state index in [-0.39, 0.29) is 36.5 Å². The van der Waals surface area contributed by atoms with Gasteiger partial charge < -0.3 is 29.8 Å². The molecule has 46 heavy (non-hydrogen) atoms. The van der Waals surface area contributed by atoms with Crippen LogP contribution in [0.5, 0.6) is 0 Å². The van der Waals surface area contributed by atoms with Gasteiger partial charge in [-0.25, -0.2) is 4.79 Å². The highest BCUT2D eigenvalue weighted by molar-refractivity contribution is 6.04. The van der Waals surface area contributed by atoms with E-state index in [1.807, 2.05) is 77.4 Å². The number of pyridine rings is 1. The molecule has 2 fully saturated rings. The Labute approximate surface area is 266 Å². The smallest absolute Gasteiger partial charge is 0.326 e. The van der Waals surface area contributed by atoms with Crippen molar-refractivity contribution in [2.24, 2.45) is 0 Å². The zero-order valence-corrected chi connectivity index (χ0v) is 25.4. The van der Waals surface area contributed by atoms with E-state index in [4.69, 9.17) is 9.47 Å². The van der Waals surface area contributed by atoms with Crippen LogP contribution in [0.2, 0.25) is 0 Å². The fourth-order valence-corrected chi connectivity index (χ4v) is 6.54. The number of anilines is 1. The Morgan fingerprint density at radius 1 is 0.935 bits per heavy atom. The SMILES string of the molecule is O=C(Nc1ccc(C2OC(CN3CCC(n4c(=O)[nH]c5ccccc54)CC3)CC(c3ccc(CO)cc3)O2)cc1)c1cccnc1. The maximum absolute atomic E-state index is 12.8. The average molecular weight is 620 g/mol. The highest BCUT2D eigenvalue weighted by Gasteiger charge is 2.34. The fourth-order valence-electron chi connectivity index (χ4n) is 6.54. The first kappa shape index (κ1) is 30.1. The van der Waals surface area contributed by atoms with Crippen molar-refractivity contribution in [3.05, 3.63) is 130 Å². The van der Waals surface area contributed by atoms with Crippen LogP contribution in [-0.4, -0.2) is 56.2 Å². The Balaban J connectivity index is 1.04. The van der Waals surface area contributed by atoms with Crippen LogP contribution in [0.4, 0.5) is 5.69 Å². The number of fused-ring (bicyclic) bond motifs is 1. The molecule has 2 aliphatic heterocycles. The second kappa shape index (κ2) is 13.4. The summed E-state index contributed by atoms with van der Waals surface area (Å²) in [4.78, 5) is 34.8. The molecule has 2 aliphatic rings. The monoisotopic (exact) mass is 619 g/mol. The molecule has 2 saturated heterocycles. The van der Waals surface area contributed by atoms with Crippen LogP contribution in [0.1, 0.15) is 64.7 Å². The molecule has 1 amide bonds. The molecule has 10 nitrogen and oxygen atoms in total. The molecule has 3 aromatic carbocycles. The number of ether oxygens (including phenoxy) is 2. The predicted molar refractivity (Wildman–Crippen MR) is 174 cm³/mol. The Kier molecular flexibility index (Phi) is 8.76. The average Bonchev–Trinajstić information content (AvgIpc) is 3.44. The van der Waals surface area contributed by atoms with E-state index in [1.54, 1.807) is 18.3 Å². The number of hydrogen-bond acceptors (Lipinski definition) is 7. The summed E-state index contributed by atoms with van der Waals surface area (Å²) in [7, 11) is 0. The number of aromatic nitrogens is 3. The number of carbonyl (C=O) groups excluding carboxylic acids is 1. The lowest BCUT2D eigenvalue weighted by Crippen LogP contribution is -2.43. The van der Waals surface area contributed by atoms with E-state index in [2.05, 4.69) is 20.2 Å². The molecule has 4 heterocycles. The zero-order chi connectivity index (χ0) is 31.5. The highest BCUT2D eigenvalue weighted by Crippen LogP contribution is 2.39. The van der Waals surface area contributed by atoms with Crippen molar-refractivity contribution in [2.45, 2.75) is 50.4 Å². The summed E-state index contributed by atoms with van der Waals surface area (Å²) in [6, 6.07) is 26.9. The number of aliphatic hydroxyl groups is 1. The lowest BCUT2D eigenvalue weighted by Gasteiger charge is -2.40. The number of imidazole rings is 1. The third-order valence-corrected chi connectivity index (χ3v) is 8.99. The number of nitrogens with one attached hydrogen (secondary N) is 2. The quantitative estimate of drug-likeness (QED) is 0.214. The van der Waals surface area contributed by atoms with Crippen LogP contribution >= 0.6 is 0 Å². The first-order valence-corrected chi connectivity index (χ1v) is 15.8. The van der Waals surface area contributed by atoms with Crippen LogP contribution in [0.25, 0.3) is 11.0 Å². The van der Waals surface area contributed by atoms with Gasteiger partial charge in [0.05, 0.1) is 35.4 Å². The van der Waals surface area contributed by atoms with Gasteiger partial charge in [0.2, 0.25) is 0 Å². The third kappa shape index (κ3) is 6.52. The third-order valence-electron chi connectivity index (χ3n) is 8.99. The summed E-state index contributed by atoms with van der Waals surface area (Å²) in [5.74, 6) is -0.226. The van der Waals surface area contributed by atoms with Crippen LogP contribution in [0.15, 0.2) is 102 Å². The number of H-pyrrole nitrogens is 1. The molecule has 10 heteroatoms. The van der Waals surface area contributed by atoms with Gasteiger partial charge in [-0.15, -0.1) is 0 Å². The number of amides is 1. The van der Waals surface area contributed by atoms with Crippen molar-refractivity contribution in [3.63, 3.8) is 0 Å². The second-order valence-corrected chi connectivity index (χ2v) is 12.0. The minimum atomic E-state index is -0.591. The van der Waals surface area contributed by atoms with Crippen LogP contribution in [0, 0.1) is 0 Å². The molecule has 0 aliphatic carbocycles. The van der Waals surface area contributed by atoms with Crippen molar-refractivity contribution in [1.29, 1.82) is 0 Å². The zero-order valence-electron chi connectivity index (χ0n) is 25.4. The largest absolute Gasteiger partial charge is 0.392 e. The summed E-state index contributed by atoms with van der Waals surface area (Å²) in [6.07, 6.45) is 4.75. The number of likely N-dealkylation sites (tertiary alicyclic amines) is 1. The van der Waals surface area contributed by atoms with E-state index < -0.39 is 6.29 Å². The lowest BCUT2D eigenvalue weighted by atomic mass is 9.98. The van der Waals surface area contributed by atoms with E-state index >= 15 is 0 Å². The summed E-state index contributed by atoms with van der Waals surface area (Å²) in [6.45, 7) is 2.47. The summed E-state index contributed by atoms with van der Waals surface area (Å²) in [5.41, 5.74) is 5.68. The van der Waals surface area contributed by atoms with Gasteiger partial charge in [0.25, 0.3) is 5.91 Å². The van der Waals surface area contributed by atoms with Crippen molar-refractivity contribution in [1.82, 2.24) is 19.4 Å². The summed E-state index contributed by atoms with van der Waals surface area (Å²) < 4.78 is 15.0.